The van der Waals surface area contributed by atoms with Gasteiger partial charge < -0.3 is 20.1 Å². The van der Waals surface area contributed by atoms with Gasteiger partial charge in [-0.25, -0.2) is 9.78 Å². The number of methoxy groups -OCH3 is 2. The molecule has 0 aliphatic carbocycles. The minimum atomic E-state index is -0.719. The summed E-state index contributed by atoms with van der Waals surface area (Å²) in [5, 5.41) is 20.2. The van der Waals surface area contributed by atoms with Crippen LogP contribution in [0.4, 0.5) is 22.0 Å². The molecule has 168 valence electrons. The summed E-state index contributed by atoms with van der Waals surface area (Å²) >= 11 is 0. The second-order valence-electron chi connectivity index (χ2n) is 8.07. The summed E-state index contributed by atoms with van der Waals surface area (Å²) in [5.74, 6) is 0.594. The van der Waals surface area contributed by atoms with Gasteiger partial charge in [0.15, 0.2) is 23.1 Å². The first-order chi connectivity index (χ1) is 15.6. The highest BCUT2D eigenvalue weighted by Crippen LogP contribution is 2.37. The molecule has 3 rings (SSSR count). The van der Waals surface area contributed by atoms with Crippen LogP contribution in [-0.2, 0) is 11.8 Å². The van der Waals surface area contributed by atoms with Crippen LogP contribution in [-0.4, -0.2) is 80.0 Å². The second kappa shape index (κ2) is 9.63. The number of nitrogens with one attached hydrogen (secondary N) is 3. The SMILES string of the molecule is BC(B)(B)NC(=O)c1nnc(NC(=O)OC)cc1Nc1cccc(-c2ncn(C)n2)c1OC. The van der Waals surface area contributed by atoms with E-state index in [0.29, 0.717) is 28.5 Å². The van der Waals surface area contributed by atoms with Gasteiger partial charge in [-0.3, -0.25) is 14.8 Å². The Bertz CT molecular complexity index is 1180. The summed E-state index contributed by atoms with van der Waals surface area (Å²) in [6.07, 6.45) is 0.865. The Morgan fingerprint density at radius 3 is 2.48 bits per heavy atom. The van der Waals surface area contributed by atoms with Crippen LogP contribution in [0.1, 0.15) is 10.5 Å². The van der Waals surface area contributed by atoms with E-state index < -0.39 is 17.2 Å². The van der Waals surface area contributed by atoms with Gasteiger partial charge in [-0.05, 0) is 17.4 Å². The van der Waals surface area contributed by atoms with E-state index in [1.807, 2.05) is 29.6 Å². The number of nitrogens with zero attached hydrogens (tertiary/aromatic N) is 5. The van der Waals surface area contributed by atoms with Gasteiger partial charge in [-0.15, -0.1) is 10.2 Å². The Balaban J connectivity index is 2.06. The molecule has 2 aromatic heterocycles. The standard InChI is InChI=1S/C18H23B3N8O4/c1-29-8-22-15(28-29)9-5-4-6-10(14(9)32-2)23-11-7-12(24-17(31)33-3)26-27-13(11)16(30)25-18(19,20)21/h4-8H,19-21H2,1-3H3,(H,25,30)(H2,23,24,26,31). The van der Waals surface area contributed by atoms with Crippen molar-refractivity contribution in [2.45, 2.75) is 5.24 Å². The molecule has 2 amide bonds. The number of ether oxygens (including phenoxy) is 2. The predicted molar refractivity (Wildman–Crippen MR) is 130 cm³/mol. The van der Waals surface area contributed by atoms with E-state index in [2.05, 4.69) is 41.0 Å². The highest BCUT2D eigenvalue weighted by molar-refractivity contribution is 6.60. The molecule has 3 N–H and O–H groups in total. The molecule has 12 nitrogen and oxygen atoms in total. The molecule has 33 heavy (non-hydrogen) atoms. The molecule has 0 saturated carbocycles. The molecule has 15 heteroatoms. The van der Waals surface area contributed by atoms with E-state index in [1.165, 1.54) is 20.3 Å². The fourth-order valence-corrected chi connectivity index (χ4v) is 2.91. The number of para-hydroxylation sites is 1. The van der Waals surface area contributed by atoms with Crippen LogP contribution in [0.25, 0.3) is 11.4 Å². The largest absolute Gasteiger partial charge is 0.494 e. The van der Waals surface area contributed by atoms with Crippen molar-refractivity contribution in [3.63, 3.8) is 0 Å². The summed E-state index contributed by atoms with van der Waals surface area (Å²) < 4.78 is 11.8. The van der Waals surface area contributed by atoms with Crippen LogP contribution in [0.3, 0.4) is 0 Å². The summed E-state index contributed by atoms with van der Waals surface area (Å²) in [5.41, 5.74) is 1.51. The van der Waals surface area contributed by atoms with Crippen molar-refractivity contribution in [1.82, 2.24) is 30.3 Å². The van der Waals surface area contributed by atoms with Gasteiger partial charge in [0, 0.05) is 13.1 Å². The van der Waals surface area contributed by atoms with Crippen LogP contribution >= 0.6 is 0 Å². The molecule has 0 unspecified atom stereocenters. The Hall–Kier alpha value is -4.03. The zero-order valence-corrected chi connectivity index (χ0v) is 19.3. The zero-order chi connectivity index (χ0) is 24.2. The van der Waals surface area contributed by atoms with Gasteiger partial charge in [0.2, 0.25) is 0 Å². The molecule has 0 radical (unpaired) electrons. The molecule has 1 aromatic carbocycles. The van der Waals surface area contributed by atoms with Crippen molar-refractivity contribution in [2.24, 2.45) is 7.05 Å². The number of hydrogen-bond donors (Lipinski definition) is 3. The quantitative estimate of drug-likeness (QED) is 0.366. The number of aryl methyl sites for hydroxylation is 1. The Morgan fingerprint density at radius 1 is 1.12 bits per heavy atom. The van der Waals surface area contributed by atoms with Gasteiger partial charge in [0.25, 0.3) is 5.91 Å². The highest BCUT2D eigenvalue weighted by Gasteiger charge is 2.23. The Kier molecular flexibility index (Phi) is 6.90. The van der Waals surface area contributed by atoms with E-state index in [-0.39, 0.29) is 11.5 Å². The third-order valence-corrected chi connectivity index (χ3v) is 4.24. The fourth-order valence-electron chi connectivity index (χ4n) is 2.91. The monoisotopic (exact) mass is 448 g/mol. The molecular weight excluding hydrogens is 425 g/mol. The minimum absolute atomic E-state index is 0.0313. The molecule has 0 saturated heterocycles. The average Bonchev–Trinajstić information content (AvgIpc) is 3.18. The molecule has 0 fully saturated rings. The van der Waals surface area contributed by atoms with Gasteiger partial charge in [-0.1, -0.05) is 6.07 Å². The highest BCUT2D eigenvalue weighted by atomic mass is 16.5. The van der Waals surface area contributed by atoms with E-state index in [0.717, 1.165) is 0 Å². The minimum Gasteiger partial charge on any atom is -0.494 e. The number of amides is 2. The van der Waals surface area contributed by atoms with E-state index in [1.54, 1.807) is 30.2 Å². The van der Waals surface area contributed by atoms with Crippen LogP contribution in [0.5, 0.6) is 5.75 Å². The summed E-state index contributed by atoms with van der Waals surface area (Å²) in [6.45, 7) is 0. The first-order valence-electron chi connectivity index (χ1n) is 9.96. The van der Waals surface area contributed by atoms with E-state index in [9.17, 15) is 9.59 Å². The zero-order valence-electron chi connectivity index (χ0n) is 19.3. The van der Waals surface area contributed by atoms with Crippen LogP contribution < -0.4 is 20.7 Å². The molecule has 3 aromatic rings. The van der Waals surface area contributed by atoms with Crippen molar-refractivity contribution in [3.8, 4) is 17.1 Å². The lowest BCUT2D eigenvalue weighted by Crippen LogP contribution is -2.50. The smallest absolute Gasteiger partial charge is 0.412 e. The van der Waals surface area contributed by atoms with Gasteiger partial charge in [0.05, 0.1) is 31.2 Å². The maximum Gasteiger partial charge on any atom is 0.412 e. The fraction of sp³-hybridized carbons (Fsp3) is 0.222. The molecule has 0 aliphatic heterocycles. The van der Waals surface area contributed by atoms with Crippen LogP contribution in [0.2, 0.25) is 0 Å². The number of anilines is 3. The summed E-state index contributed by atoms with van der Waals surface area (Å²) in [6, 6.07) is 6.87. The van der Waals surface area contributed by atoms with Crippen LogP contribution in [0.15, 0.2) is 30.6 Å². The van der Waals surface area contributed by atoms with Gasteiger partial charge >= 0.3 is 6.09 Å². The molecule has 0 atom stereocenters. The molecule has 0 spiro atoms. The third kappa shape index (κ3) is 5.81. The van der Waals surface area contributed by atoms with Crippen molar-refractivity contribution in [2.75, 3.05) is 24.9 Å². The normalized spacial score (nSPS) is 10.9. The average molecular weight is 448 g/mol. The second-order valence-corrected chi connectivity index (χ2v) is 8.07. The molecule has 0 aliphatic rings. The lowest BCUT2D eigenvalue weighted by molar-refractivity contribution is 0.0947. The van der Waals surface area contributed by atoms with Gasteiger partial charge in [-0.2, -0.15) is 5.10 Å². The maximum atomic E-state index is 12.9. The maximum absolute atomic E-state index is 12.9. The first kappa shape index (κ1) is 23.6. The molecule has 0 bridgehead atoms. The number of carbonyl (C=O) groups is 2. The van der Waals surface area contributed by atoms with Crippen LogP contribution in [0, 0.1) is 0 Å². The first-order valence-corrected chi connectivity index (χ1v) is 9.96. The predicted octanol–water partition coefficient (Wildman–Crippen LogP) is -1.56. The lowest BCUT2D eigenvalue weighted by atomic mass is 9.49. The lowest BCUT2D eigenvalue weighted by Gasteiger charge is -2.21. The number of benzene rings is 1. The number of rotatable bonds is 7. The Labute approximate surface area is 193 Å². The van der Waals surface area contributed by atoms with E-state index in [4.69, 9.17) is 4.74 Å². The number of carbonyl (C=O) groups excluding carboxylic acids is 2. The number of aromatic nitrogens is 5. The molecule has 2 heterocycles. The van der Waals surface area contributed by atoms with Gasteiger partial charge in [0.1, 0.15) is 29.9 Å². The summed E-state index contributed by atoms with van der Waals surface area (Å²) in [7, 11) is 10.1. The van der Waals surface area contributed by atoms with Crippen molar-refractivity contribution in [3.05, 3.63) is 36.3 Å². The van der Waals surface area contributed by atoms with Crippen molar-refractivity contribution >= 4 is 52.7 Å². The Morgan fingerprint density at radius 2 is 1.88 bits per heavy atom. The number of hydrogen-bond acceptors (Lipinski definition) is 9. The molecular formula is C18H23B3N8O4. The van der Waals surface area contributed by atoms with E-state index >= 15 is 0 Å². The summed E-state index contributed by atoms with van der Waals surface area (Å²) in [4.78, 5) is 28.8. The topological polar surface area (TPSA) is 145 Å². The van der Waals surface area contributed by atoms with Crippen molar-refractivity contribution < 1.29 is 19.1 Å². The third-order valence-electron chi connectivity index (χ3n) is 4.24. The van der Waals surface area contributed by atoms with Crippen molar-refractivity contribution in [1.29, 1.82) is 0 Å².